The van der Waals surface area contributed by atoms with Crippen molar-refractivity contribution >= 4 is 15.7 Å². The minimum absolute atomic E-state index is 0.269. The number of sulfonamides is 1. The molecule has 0 spiro atoms. The summed E-state index contributed by atoms with van der Waals surface area (Å²) >= 11 is 0. The molecule has 0 fully saturated rings. The molecule has 0 saturated heterocycles. The molecule has 6 heteroatoms. The van der Waals surface area contributed by atoms with Crippen molar-refractivity contribution in [3.8, 4) is 0 Å². The summed E-state index contributed by atoms with van der Waals surface area (Å²) in [6.07, 6.45) is 0. The van der Waals surface area contributed by atoms with Gasteiger partial charge in [0.1, 0.15) is 4.90 Å². The highest BCUT2D eigenvalue weighted by molar-refractivity contribution is 7.89. The van der Waals surface area contributed by atoms with Crippen molar-refractivity contribution in [1.29, 1.82) is 0 Å². The molecule has 1 aromatic carbocycles. The molecular formula is C14H24N2O3S. The van der Waals surface area contributed by atoms with Crippen molar-refractivity contribution < 1.29 is 13.2 Å². The fourth-order valence-electron chi connectivity index (χ4n) is 1.69. The normalized spacial score (nSPS) is 11.8. The first-order chi connectivity index (χ1) is 9.47. The smallest absolute Gasteiger partial charge is 0.242 e. The molecule has 2 N–H and O–H groups in total. The first-order valence-electron chi connectivity index (χ1n) is 6.87. The lowest BCUT2D eigenvalue weighted by Crippen LogP contribution is -2.24. The predicted molar refractivity (Wildman–Crippen MR) is 81.5 cm³/mol. The average molecular weight is 300 g/mol. The molecule has 1 aromatic rings. The third kappa shape index (κ3) is 5.48. The zero-order valence-corrected chi connectivity index (χ0v) is 13.2. The second-order valence-electron chi connectivity index (χ2n) is 4.89. The van der Waals surface area contributed by atoms with Crippen molar-refractivity contribution in [2.75, 3.05) is 31.6 Å². The standard InChI is InChI=1S/C14H24N2O3S/c1-4-16-20(17,18)14-8-6-5-7-13(14)15-9-10-19-11-12(2)3/h5-8,12,15-16H,4,9-11H2,1-3H3. The van der Waals surface area contributed by atoms with Gasteiger partial charge in [-0.1, -0.05) is 32.9 Å². The van der Waals surface area contributed by atoms with Crippen LogP contribution in [0, 0.1) is 5.92 Å². The van der Waals surface area contributed by atoms with Gasteiger partial charge in [-0.2, -0.15) is 0 Å². The molecule has 0 heterocycles. The Bertz CT molecular complexity index is 501. The van der Waals surface area contributed by atoms with Crippen LogP contribution in [0.2, 0.25) is 0 Å². The molecule has 1 rings (SSSR count). The van der Waals surface area contributed by atoms with E-state index in [0.717, 1.165) is 0 Å². The molecule has 0 saturated carbocycles. The highest BCUT2D eigenvalue weighted by atomic mass is 32.2. The molecule has 0 aliphatic carbocycles. The molecule has 0 amide bonds. The molecule has 114 valence electrons. The number of nitrogens with one attached hydrogen (secondary N) is 2. The van der Waals surface area contributed by atoms with Crippen molar-refractivity contribution in [2.24, 2.45) is 5.92 Å². The maximum atomic E-state index is 12.0. The van der Waals surface area contributed by atoms with Crippen molar-refractivity contribution in [1.82, 2.24) is 4.72 Å². The minimum Gasteiger partial charge on any atom is -0.382 e. The number of para-hydroxylation sites is 1. The van der Waals surface area contributed by atoms with E-state index in [2.05, 4.69) is 23.9 Å². The summed E-state index contributed by atoms with van der Waals surface area (Å²) in [7, 11) is -3.45. The monoisotopic (exact) mass is 300 g/mol. The highest BCUT2D eigenvalue weighted by Crippen LogP contribution is 2.20. The number of hydrogen-bond donors (Lipinski definition) is 2. The van der Waals surface area contributed by atoms with Crippen LogP contribution in [0.1, 0.15) is 20.8 Å². The maximum Gasteiger partial charge on any atom is 0.242 e. The summed E-state index contributed by atoms with van der Waals surface area (Å²) in [5.74, 6) is 0.497. The van der Waals surface area contributed by atoms with E-state index in [-0.39, 0.29) is 4.90 Å². The number of hydrogen-bond acceptors (Lipinski definition) is 4. The van der Waals surface area contributed by atoms with Crippen LogP contribution in [0.25, 0.3) is 0 Å². The van der Waals surface area contributed by atoms with Gasteiger partial charge in [0.15, 0.2) is 0 Å². The fourth-order valence-corrected chi connectivity index (χ4v) is 2.91. The third-order valence-electron chi connectivity index (χ3n) is 2.52. The van der Waals surface area contributed by atoms with Crippen LogP contribution >= 0.6 is 0 Å². The zero-order valence-electron chi connectivity index (χ0n) is 12.3. The Labute approximate surface area is 121 Å². The lowest BCUT2D eigenvalue weighted by atomic mass is 10.2. The van der Waals surface area contributed by atoms with Gasteiger partial charge in [-0.3, -0.25) is 0 Å². The van der Waals surface area contributed by atoms with E-state index in [0.29, 0.717) is 37.9 Å². The summed E-state index contributed by atoms with van der Waals surface area (Å²) in [5, 5.41) is 3.11. The largest absolute Gasteiger partial charge is 0.382 e. The molecule has 0 unspecified atom stereocenters. The molecule has 0 aromatic heterocycles. The molecule has 5 nitrogen and oxygen atoms in total. The molecule has 20 heavy (non-hydrogen) atoms. The second kappa shape index (κ2) is 8.24. The van der Waals surface area contributed by atoms with Crippen molar-refractivity contribution in [3.63, 3.8) is 0 Å². The summed E-state index contributed by atoms with van der Waals surface area (Å²) in [6, 6.07) is 6.87. The van der Waals surface area contributed by atoms with Gasteiger partial charge in [-0.15, -0.1) is 0 Å². The summed E-state index contributed by atoms with van der Waals surface area (Å²) in [4.78, 5) is 0.269. The van der Waals surface area contributed by atoms with Gasteiger partial charge in [-0.05, 0) is 18.1 Å². The van der Waals surface area contributed by atoms with Crippen LogP contribution in [0.5, 0.6) is 0 Å². The average Bonchev–Trinajstić information content (AvgIpc) is 2.38. The van der Waals surface area contributed by atoms with Crippen LogP contribution in [-0.2, 0) is 14.8 Å². The van der Waals surface area contributed by atoms with Crippen LogP contribution in [0.15, 0.2) is 29.2 Å². The lowest BCUT2D eigenvalue weighted by molar-refractivity contribution is 0.118. The lowest BCUT2D eigenvalue weighted by Gasteiger charge is -2.13. The number of rotatable bonds is 9. The Morgan fingerprint density at radius 2 is 1.95 bits per heavy atom. The van der Waals surface area contributed by atoms with Gasteiger partial charge in [0.05, 0.1) is 12.3 Å². The van der Waals surface area contributed by atoms with E-state index < -0.39 is 10.0 Å². The predicted octanol–water partition coefficient (Wildman–Crippen LogP) is 2.07. The van der Waals surface area contributed by atoms with Crippen molar-refractivity contribution in [2.45, 2.75) is 25.7 Å². The van der Waals surface area contributed by atoms with Crippen LogP contribution in [0.3, 0.4) is 0 Å². The third-order valence-corrected chi connectivity index (χ3v) is 4.13. The van der Waals surface area contributed by atoms with Gasteiger partial charge < -0.3 is 10.1 Å². The van der Waals surface area contributed by atoms with Crippen LogP contribution < -0.4 is 10.0 Å². The quantitative estimate of drug-likeness (QED) is 0.685. The molecule has 0 atom stereocenters. The maximum absolute atomic E-state index is 12.0. The second-order valence-corrected chi connectivity index (χ2v) is 6.63. The Hall–Kier alpha value is -1.11. The SMILES string of the molecule is CCNS(=O)(=O)c1ccccc1NCCOCC(C)C. The Balaban J connectivity index is 2.63. The Morgan fingerprint density at radius 3 is 2.60 bits per heavy atom. The molecule has 0 bridgehead atoms. The zero-order chi connectivity index (χ0) is 15.0. The summed E-state index contributed by atoms with van der Waals surface area (Å²) in [6.45, 7) is 8.14. The van der Waals surface area contributed by atoms with Crippen LogP contribution in [0.4, 0.5) is 5.69 Å². The first-order valence-corrected chi connectivity index (χ1v) is 8.36. The molecular weight excluding hydrogens is 276 g/mol. The van der Waals surface area contributed by atoms with Gasteiger partial charge >= 0.3 is 0 Å². The number of ether oxygens (including phenoxy) is 1. The number of anilines is 1. The molecule has 0 radical (unpaired) electrons. The Kier molecular flexibility index (Phi) is 6.98. The topological polar surface area (TPSA) is 67.4 Å². The number of benzene rings is 1. The van der Waals surface area contributed by atoms with Gasteiger partial charge in [0.25, 0.3) is 0 Å². The minimum atomic E-state index is -3.45. The van der Waals surface area contributed by atoms with Crippen LogP contribution in [-0.4, -0.2) is 34.7 Å². The Morgan fingerprint density at radius 1 is 1.25 bits per heavy atom. The summed E-state index contributed by atoms with van der Waals surface area (Å²) in [5.41, 5.74) is 0.599. The van der Waals surface area contributed by atoms with Gasteiger partial charge in [0.2, 0.25) is 10.0 Å². The van der Waals surface area contributed by atoms with E-state index in [4.69, 9.17) is 4.74 Å². The summed E-state index contributed by atoms with van der Waals surface area (Å²) < 4.78 is 32.1. The van der Waals surface area contributed by atoms with E-state index >= 15 is 0 Å². The van der Waals surface area contributed by atoms with Gasteiger partial charge in [0, 0.05) is 19.7 Å². The molecule has 0 aliphatic rings. The van der Waals surface area contributed by atoms with E-state index in [9.17, 15) is 8.42 Å². The van der Waals surface area contributed by atoms with E-state index in [1.807, 2.05) is 6.07 Å². The highest BCUT2D eigenvalue weighted by Gasteiger charge is 2.16. The fraction of sp³-hybridized carbons (Fsp3) is 0.571. The first kappa shape index (κ1) is 16.9. The van der Waals surface area contributed by atoms with Crippen molar-refractivity contribution in [3.05, 3.63) is 24.3 Å². The van der Waals surface area contributed by atoms with E-state index in [1.165, 1.54) is 0 Å². The van der Waals surface area contributed by atoms with Gasteiger partial charge in [-0.25, -0.2) is 13.1 Å². The van der Waals surface area contributed by atoms with E-state index in [1.54, 1.807) is 25.1 Å². The molecule has 0 aliphatic heterocycles.